The molecule has 0 amide bonds. The predicted octanol–water partition coefficient (Wildman–Crippen LogP) is 6.90. The van der Waals surface area contributed by atoms with Crippen molar-refractivity contribution in [1.82, 2.24) is 9.58 Å². The highest BCUT2D eigenvalue weighted by Crippen LogP contribution is 2.50. The summed E-state index contributed by atoms with van der Waals surface area (Å²) < 4.78 is 2.37. The SMILES string of the molecule is CC/C(N)=C/N(N)CC(=O)O.CSc1cccc([C@@H]2c3cc(Cl)ccc3-n3cccc3CCC2C)c1C1CC1. The summed E-state index contributed by atoms with van der Waals surface area (Å²) >= 11 is 8.43. The number of allylic oxidation sites excluding steroid dienone is 1. The van der Waals surface area contributed by atoms with E-state index < -0.39 is 5.97 Å². The number of carbonyl (C=O) groups is 1. The van der Waals surface area contributed by atoms with Gasteiger partial charge in [-0.15, -0.1) is 11.8 Å². The Morgan fingerprint density at radius 2 is 1.95 bits per heavy atom. The number of aromatic nitrogens is 1. The zero-order chi connectivity index (χ0) is 28.1. The van der Waals surface area contributed by atoms with Crippen molar-refractivity contribution >= 4 is 29.3 Å². The average Bonchev–Trinajstić information content (AvgIpc) is 3.64. The number of carboxylic acids is 1. The van der Waals surface area contributed by atoms with Gasteiger partial charge < -0.3 is 20.4 Å². The van der Waals surface area contributed by atoms with E-state index in [1.165, 1.54) is 52.9 Å². The van der Waals surface area contributed by atoms with Gasteiger partial charge in [0.05, 0.1) is 0 Å². The second-order valence-corrected chi connectivity index (χ2v) is 11.7. The fraction of sp³-hybridized carbons (Fsp3) is 0.387. The summed E-state index contributed by atoms with van der Waals surface area (Å²) in [5.41, 5.74) is 13.2. The molecule has 2 aromatic carbocycles. The third kappa shape index (κ3) is 7.02. The average molecular weight is 567 g/mol. The molecule has 5 N–H and O–H groups in total. The molecule has 0 spiro atoms. The van der Waals surface area contributed by atoms with Crippen molar-refractivity contribution in [2.75, 3.05) is 12.8 Å². The summed E-state index contributed by atoms with van der Waals surface area (Å²) in [6.45, 7) is 4.05. The Morgan fingerprint density at radius 3 is 2.62 bits per heavy atom. The minimum atomic E-state index is -0.979. The van der Waals surface area contributed by atoms with Crippen molar-refractivity contribution in [3.63, 3.8) is 0 Å². The van der Waals surface area contributed by atoms with Gasteiger partial charge in [0.1, 0.15) is 6.54 Å². The highest BCUT2D eigenvalue weighted by Gasteiger charge is 2.34. The normalized spacial score (nSPS) is 18.6. The molecule has 2 atom stereocenters. The molecule has 1 unspecified atom stereocenters. The van der Waals surface area contributed by atoms with Gasteiger partial charge in [0, 0.05) is 45.3 Å². The van der Waals surface area contributed by atoms with Gasteiger partial charge in [0.15, 0.2) is 0 Å². The summed E-state index contributed by atoms with van der Waals surface area (Å²) in [4.78, 5) is 11.5. The van der Waals surface area contributed by atoms with Crippen LogP contribution >= 0.6 is 23.4 Å². The van der Waals surface area contributed by atoms with Crippen LogP contribution in [-0.2, 0) is 11.2 Å². The van der Waals surface area contributed by atoms with E-state index in [1.807, 2.05) is 24.8 Å². The number of hydrazine groups is 1. The number of rotatable bonds is 7. The Balaban J connectivity index is 0.000000274. The summed E-state index contributed by atoms with van der Waals surface area (Å²) in [7, 11) is 0. The molecule has 0 saturated heterocycles. The smallest absolute Gasteiger partial charge is 0.324 e. The molecular formula is C31H39ClN4O2S. The van der Waals surface area contributed by atoms with Crippen LogP contribution < -0.4 is 11.6 Å². The third-order valence-electron chi connectivity index (χ3n) is 7.54. The second kappa shape index (κ2) is 13.0. The first-order valence-electron chi connectivity index (χ1n) is 13.6. The van der Waals surface area contributed by atoms with E-state index in [-0.39, 0.29) is 6.54 Å². The van der Waals surface area contributed by atoms with Gasteiger partial charge in [0.2, 0.25) is 0 Å². The Labute approximate surface area is 241 Å². The number of halogens is 1. The van der Waals surface area contributed by atoms with E-state index in [0.29, 0.717) is 24.0 Å². The lowest BCUT2D eigenvalue weighted by Crippen LogP contribution is -2.31. The standard InChI is InChI=1S/C25H26ClNS.C6H13N3O2/c1-16-8-12-19-5-4-14-27(19)22-13-11-18(26)15-21(22)24(16)20-6-3-7-23(28-2)25(20)17-9-10-17;1-2-5(7)3-9(8)4-6(10)11/h3-7,11,13-17,24H,8-10,12H2,1-2H3;3H,2,4,7-8H2,1H3,(H,10,11)/b;5-3-/t16?,24-;/m1./s1. The third-order valence-corrected chi connectivity index (χ3v) is 8.57. The molecule has 0 bridgehead atoms. The van der Waals surface area contributed by atoms with Crippen LogP contribution in [0, 0.1) is 5.92 Å². The molecule has 3 aromatic rings. The highest BCUT2D eigenvalue weighted by atomic mass is 35.5. The second-order valence-electron chi connectivity index (χ2n) is 10.4. The van der Waals surface area contributed by atoms with Gasteiger partial charge in [-0.25, -0.2) is 5.84 Å². The van der Waals surface area contributed by atoms with Crippen LogP contribution in [0.4, 0.5) is 0 Å². The molecule has 1 aromatic heterocycles. The summed E-state index contributed by atoms with van der Waals surface area (Å²) in [6, 6.07) is 17.8. The summed E-state index contributed by atoms with van der Waals surface area (Å²) in [5.74, 6) is 5.95. The number of nitrogens with two attached hydrogens (primary N) is 2. The Morgan fingerprint density at radius 1 is 1.18 bits per heavy atom. The van der Waals surface area contributed by atoms with E-state index in [0.717, 1.165) is 22.4 Å². The van der Waals surface area contributed by atoms with Crippen molar-refractivity contribution in [3.8, 4) is 5.69 Å². The molecule has 1 fully saturated rings. The fourth-order valence-corrected chi connectivity index (χ4v) is 6.40. The Bertz CT molecular complexity index is 1330. The van der Waals surface area contributed by atoms with Crippen molar-refractivity contribution in [2.24, 2.45) is 17.5 Å². The minimum Gasteiger partial charge on any atom is -0.480 e. The molecule has 8 heteroatoms. The zero-order valence-corrected chi connectivity index (χ0v) is 24.5. The summed E-state index contributed by atoms with van der Waals surface area (Å²) in [5, 5.41) is 10.2. The summed E-state index contributed by atoms with van der Waals surface area (Å²) in [6.07, 6.45) is 11.5. The van der Waals surface area contributed by atoms with Crippen LogP contribution in [0.25, 0.3) is 5.69 Å². The lowest BCUT2D eigenvalue weighted by Gasteiger charge is -2.32. The molecule has 2 heterocycles. The van der Waals surface area contributed by atoms with Crippen molar-refractivity contribution < 1.29 is 9.90 Å². The maximum Gasteiger partial charge on any atom is 0.324 e. The maximum atomic E-state index is 10.1. The van der Waals surface area contributed by atoms with Crippen LogP contribution in [0.15, 0.2) is 71.5 Å². The van der Waals surface area contributed by atoms with E-state index >= 15 is 0 Å². The largest absolute Gasteiger partial charge is 0.480 e. The lowest BCUT2D eigenvalue weighted by atomic mass is 9.75. The van der Waals surface area contributed by atoms with Gasteiger partial charge in [-0.1, -0.05) is 37.6 Å². The van der Waals surface area contributed by atoms with Gasteiger partial charge >= 0.3 is 5.97 Å². The van der Waals surface area contributed by atoms with E-state index in [1.54, 1.807) is 5.56 Å². The van der Waals surface area contributed by atoms with Crippen LogP contribution in [0.5, 0.6) is 0 Å². The number of hydrogen-bond donors (Lipinski definition) is 3. The van der Waals surface area contributed by atoms with Crippen molar-refractivity contribution in [2.45, 2.75) is 62.7 Å². The molecule has 1 aliphatic heterocycles. The highest BCUT2D eigenvalue weighted by molar-refractivity contribution is 7.98. The number of benzene rings is 2. The zero-order valence-electron chi connectivity index (χ0n) is 22.9. The van der Waals surface area contributed by atoms with Crippen LogP contribution in [0.1, 0.15) is 73.8 Å². The number of thioether (sulfide) groups is 1. The number of aryl methyl sites for hydroxylation is 1. The first-order valence-corrected chi connectivity index (χ1v) is 15.2. The fourth-order valence-electron chi connectivity index (χ4n) is 5.50. The van der Waals surface area contributed by atoms with Gasteiger partial charge in [-0.2, -0.15) is 0 Å². The van der Waals surface area contributed by atoms with Gasteiger partial charge in [-0.05, 0) is 103 Å². The lowest BCUT2D eigenvalue weighted by molar-refractivity contribution is -0.137. The van der Waals surface area contributed by atoms with Crippen LogP contribution in [0.2, 0.25) is 5.02 Å². The number of nitrogens with zero attached hydrogens (tertiary/aromatic N) is 2. The van der Waals surface area contributed by atoms with Crippen molar-refractivity contribution in [3.05, 3.63) is 94.0 Å². The van der Waals surface area contributed by atoms with Crippen molar-refractivity contribution in [1.29, 1.82) is 0 Å². The molecule has 5 rings (SSSR count). The molecule has 0 radical (unpaired) electrons. The quantitative estimate of drug-likeness (QED) is 0.163. The van der Waals surface area contributed by atoms with Gasteiger partial charge in [-0.3, -0.25) is 4.79 Å². The van der Waals surface area contributed by atoms with Gasteiger partial charge in [0.25, 0.3) is 0 Å². The predicted molar refractivity (Wildman–Crippen MR) is 161 cm³/mol. The number of carboxylic acid groups (broad SMARTS) is 1. The van der Waals surface area contributed by atoms with E-state index in [9.17, 15) is 4.79 Å². The number of aliphatic carboxylic acids is 1. The first-order chi connectivity index (χ1) is 18.7. The number of hydrogen-bond acceptors (Lipinski definition) is 5. The molecule has 39 heavy (non-hydrogen) atoms. The first kappa shape index (κ1) is 29.1. The minimum absolute atomic E-state index is 0.235. The topological polar surface area (TPSA) is 97.5 Å². The Hall–Kier alpha value is -2.87. The molecule has 2 aliphatic rings. The molecule has 1 aliphatic carbocycles. The molecule has 208 valence electrons. The van der Waals surface area contributed by atoms with E-state index in [2.05, 4.69) is 66.4 Å². The number of fused-ring (bicyclic) bond motifs is 3. The molecule has 1 saturated carbocycles. The monoisotopic (exact) mass is 566 g/mol. The van der Waals surface area contributed by atoms with E-state index in [4.69, 9.17) is 28.3 Å². The maximum absolute atomic E-state index is 10.1. The van der Waals surface area contributed by atoms with Crippen LogP contribution in [-0.4, -0.2) is 33.5 Å². The van der Waals surface area contributed by atoms with Crippen LogP contribution in [0.3, 0.4) is 0 Å². The molecule has 6 nitrogen and oxygen atoms in total. The Kier molecular flexibility index (Phi) is 9.70. The molecular weight excluding hydrogens is 528 g/mol.